The van der Waals surface area contributed by atoms with E-state index in [1.807, 2.05) is 0 Å². The van der Waals surface area contributed by atoms with Crippen LogP contribution in [0.25, 0.3) is 0 Å². The second-order valence-electron chi connectivity index (χ2n) is 5.33. The van der Waals surface area contributed by atoms with Crippen molar-refractivity contribution in [2.24, 2.45) is 0 Å². The first-order valence-electron chi connectivity index (χ1n) is 6.53. The van der Waals surface area contributed by atoms with Gasteiger partial charge in [0.2, 0.25) is 15.9 Å². The Hall–Kier alpha value is -1.93. The van der Waals surface area contributed by atoms with Crippen LogP contribution >= 0.6 is 0 Å². The van der Waals surface area contributed by atoms with Crippen LogP contribution in [0.4, 0.5) is 5.69 Å². The van der Waals surface area contributed by atoms with E-state index < -0.39 is 22.1 Å². The van der Waals surface area contributed by atoms with Crippen LogP contribution in [0.2, 0.25) is 0 Å². The van der Waals surface area contributed by atoms with E-state index >= 15 is 0 Å². The lowest BCUT2D eigenvalue weighted by Gasteiger charge is -2.19. The summed E-state index contributed by atoms with van der Waals surface area (Å²) in [6.07, 6.45) is 1.34. The molecule has 8 heteroatoms. The predicted molar refractivity (Wildman–Crippen MR) is 76.3 cm³/mol. The topological polar surface area (TPSA) is 95.6 Å². The third-order valence-electron chi connectivity index (χ3n) is 3.66. The predicted octanol–water partition coefficient (Wildman–Crippen LogP) is -0.229. The van der Waals surface area contributed by atoms with Crippen LogP contribution < -0.4 is 10.0 Å². The van der Waals surface area contributed by atoms with Gasteiger partial charge in [-0.2, -0.15) is 0 Å². The largest absolute Gasteiger partial charge is 0.325 e. The molecule has 1 aromatic rings. The third-order valence-corrected chi connectivity index (χ3v) is 4.42. The molecule has 2 aliphatic rings. The normalized spacial score (nSPS) is 25.1. The first-order chi connectivity index (χ1) is 9.85. The molecule has 3 rings (SSSR count). The molecule has 1 fully saturated rings. The van der Waals surface area contributed by atoms with E-state index in [1.165, 1.54) is 4.90 Å². The summed E-state index contributed by atoms with van der Waals surface area (Å²) < 4.78 is 25.1. The van der Waals surface area contributed by atoms with Gasteiger partial charge in [-0.05, 0) is 18.6 Å². The van der Waals surface area contributed by atoms with Crippen LogP contribution in [-0.2, 0) is 14.8 Å². The second-order valence-corrected chi connectivity index (χ2v) is 7.11. The van der Waals surface area contributed by atoms with E-state index in [-0.39, 0.29) is 24.8 Å². The molecule has 0 aliphatic carbocycles. The van der Waals surface area contributed by atoms with Crippen LogP contribution in [0, 0.1) is 0 Å². The van der Waals surface area contributed by atoms with Crippen LogP contribution in [0.5, 0.6) is 0 Å². The quantitative estimate of drug-likeness (QED) is 0.789. The number of anilines is 1. The van der Waals surface area contributed by atoms with Gasteiger partial charge in [-0.25, -0.2) is 13.1 Å². The maximum absolute atomic E-state index is 12.5. The van der Waals surface area contributed by atoms with Crippen molar-refractivity contribution in [3.63, 3.8) is 0 Å². The number of hydrogen-bond donors (Lipinski definition) is 2. The van der Waals surface area contributed by atoms with Gasteiger partial charge in [0.15, 0.2) is 0 Å². The van der Waals surface area contributed by atoms with Gasteiger partial charge in [0.1, 0.15) is 6.04 Å². The molecule has 2 N–H and O–H groups in total. The number of nitrogens with one attached hydrogen (secondary N) is 2. The van der Waals surface area contributed by atoms with Crippen molar-refractivity contribution >= 4 is 27.5 Å². The van der Waals surface area contributed by atoms with E-state index in [0.717, 1.165) is 6.26 Å². The molecular weight excluding hydrogens is 294 g/mol. The monoisotopic (exact) mass is 309 g/mol. The number of nitrogens with zero attached hydrogens (tertiary/aromatic N) is 1. The Bertz CT molecular complexity index is 716. The molecule has 7 nitrogen and oxygen atoms in total. The maximum Gasteiger partial charge on any atom is 0.256 e. The Morgan fingerprint density at radius 1 is 1.29 bits per heavy atom. The number of fused-ring (bicyclic) bond motifs is 2. The number of carbonyl (C=O) groups is 2. The van der Waals surface area contributed by atoms with E-state index in [4.69, 9.17) is 0 Å². The zero-order chi connectivity index (χ0) is 15.2. The molecule has 21 heavy (non-hydrogen) atoms. The molecule has 0 radical (unpaired) electrons. The van der Waals surface area contributed by atoms with Gasteiger partial charge < -0.3 is 10.2 Å². The fraction of sp³-hybridized carbons (Fsp3) is 0.385. The summed E-state index contributed by atoms with van der Waals surface area (Å²) in [5.74, 6) is -0.544. The minimum Gasteiger partial charge on any atom is -0.325 e. The number of sulfonamides is 1. The Balaban J connectivity index is 1.92. The van der Waals surface area contributed by atoms with Crippen LogP contribution in [0.3, 0.4) is 0 Å². The first kappa shape index (κ1) is 14.0. The standard InChI is InChI=1S/C13H15N3O4S/c1-21(19,20)15-8-6-11-12(17)14-10-5-3-2-4-9(10)13(18)16(11)7-8/h2-5,8,11,15H,6-7H2,1H3,(H,14,17)/t8-,11-/m0/s1. The molecule has 1 aromatic carbocycles. The number of rotatable bonds is 2. The molecule has 2 heterocycles. The van der Waals surface area contributed by atoms with Crippen molar-refractivity contribution in [3.8, 4) is 0 Å². The van der Waals surface area contributed by atoms with Gasteiger partial charge >= 0.3 is 0 Å². The van der Waals surface area contributed by atoms with Crippen molar-refractivity contribution in [3.05, 3.63) is 29.8 Å². The average molecular weight is 309 g/mol. The first-order valence-corrected chi connectivity index (χ1v) is 8.42. The summed E-state index contributed by atoms with van der Waals surface area (Å²) in [4.78, 5) is 26.2. The van der Waals surface area contributed by atoms with Gasteiger partial charge in [-0.3, -0.25) is 9.59 Å². The maximum atomic E-state index is 12.5. The van der Waals surface area contributed by atoms with Crippen molar-refractivity contribution in [2.45, 2.75) is 18.5 Å². The Kier molecular flexibility index (Phi) is 3.22. The van der Waals surface area contributed by atoms with Crippen molar-refractivity contribution < 1.29 is 18.0 Å². The molecule has 2 aliphatic heterocycles. The highest BCUT2D eigenvalue weighted by Gasteiger charge is 2.43. The molecule has 0 unspecified atom stereocenters. The van der Waals surface area contributed by atoms with Gasteiger partial charge in [0.05, 0.1) is 17.5 Å². The molecule has 0 saturated carbocycles. The number of amides is 2. The number of carbonyl (C=O) groups excluding carboxylic acids is 2. The Labute approximate surface area is 122 Å². The highest BCUT2D eigenvalue weighted by molar-refractivity contribution is 7.88. The molecule has 2 amide bonds. The lowest BCUT2D eigenvalue weighted by atomic mass is 10.1. The summed E-state index contributed by atoms with van der Waals surface area (Å²) in [5.41, 5.74) is 0.919. The van der Waals surface area contributed by atoms with Crippen LogP contribution in [0.15, 0.2) is 24.3 Å². The molecular formula is C13H15N3O4S. The van der Waals surface area contributed by atoms with Crippen molar-refractivity contribution in [1.29, 1.82) is 0 Å². The van der Waals surface area contributed by atoms with E-state index in [2.05, 4.69) is 10.0 Å². The summed E-state index contributed by atoms with van der Waals surface area (Å²) in [5, 5.41) is 2.73. The van der Waals surface area contributed by atoms with Gasteiger partial charge in [0.25, 0.3) is 5.91 Å². The number of benzene rings is 1. The van der Waals surface area contributed by atoms with Crippen molar-refractivity contribution in [1.82, 2.24) is 9.62 Å². The van der Waals surface area contributed by atoms with Gasteiger partial charge in [0, 0.05) is 12.6 Å². The number of para-hydroxylation sites is 1. The number of hydrogen-bond acceptors (Lipinski definition) is 4. The van der Waals surface area contributed by atoms with E-state index in [1.54, 1.807) is 24.3 Å². The summed E-state index contributed by atoms with van der Waals surface area (Å²) in [6, 6.07) is 5.72. The highest BCUT2D eigenvalue weighted by Crippen LogP contribution is 2.28. The summed E-state index contributed by atoms with van der Waals surface area (Å²) >= 11 is 0. The fourth-order valence-electron chi connectivity index (χ4n) is 2.85. The SMILES string of the molecule is CS(=O)(=O)N[C@H]1C[C@H]2C(=O)Nc3ccccc3C(=O)N2C1. The molecule has 1 saturated heterocycles. The minimum atomic E-state index is -3.37. The molecule has 0 bridgehead atoms. The van der Waals surface area contributed by atoms with Crippen LogP contribution in [-0.4, -0.2) is 50.0 Å². The van der Waals surface area contributed by atoms with E-state index in [0.29, 0.717) is 11.3 Å². The van der Waals surface area contributed by atoms with Crippen molar-refractivity contribution in [2.75, 3.05) is 18.1 Å². The third kappa shape index (κ3) is 2.64. The zero-order valence-corrected chi connectivity index (χ0v) is 12.2. The smallest absolute Gasteiger partial charge is 0.256 e. The van der Waals surface area contributed by atoms with Crippen LogP contribution in [0.1, 0.15) is 16.8 Å². The lowest BCUT2D eigenvalue weighted by molar-refractivity contribution is -0.119. The lowest BCUT2D eigenvalue weighted by Crippen LogP contribution is -2.41. The average Bonchev–Trinajstić information content (AvgIpc) is 2.76. The zero-order valence-electron chi connectivity index (χ0n) is 11.4. The van der Waals surface area contributed by atoms with E-state index in [9.17, 15) is 18.0 Å². The Morgan fingerprint density at radius 2 is 2.00 bits per heavy atom. The molecule has 112 valence electrons. The molecule has 2 atom stereocenters. The second kappa shape index (κ2) is 4.81. The highest BCUT2D eigenvalue weighted by atomic mass is 32.2. The molecule has 0 aromatic heterocycles. The summed E-state index contributed by atoms with van der Waals surface area (Å²) in [7, 11) is -3.37. The fourth-order valence-corrected chi connectivity index (χ4v) is 3.62. The minimum absolute atomic E-state index is 0.193. The molecule has 0 spiro atoms. The van der Waals surface area contributed by atoms with Gasteiger partial charge in [-0.15, -0.1) is 0 Å². The Morgan fingerprint density at radius 3 is 2.71 bits per heavy atom. The summed E-state index contributed by atoms with van der Waals surface area (Å²) in [6.45, 7) is 0.193. The van der Waals surface area contributed by atoms with Gasteiger partial charge in [-0.1, -0.05) is 12.1 Å².